The van der Waals surface area contributed by atoms with Crippen LogP contribution in [0.15, 0.2) is 24.4 Å². The molecule has 0 bridgehead atoms. The molecule has 0 atom stereocenters. The van der Waals surface area contributed by atoms with Gasteiger partial charge in [-0.2, -0.15) is 9.64 Å². The van der Waals surface area contributed by atoms with Gasteiger partial charge in [-0.3, -0.25) is 0 Å². The largest absolute Gasteiger partial charge is 0.326 e. The highest BCUT2D eigenvalue weighted by Crippen LogP contribution is 2.29. The van der Waals surface area contributed by atoms with Gasteiger partial charge >= 0.3 is 0 Å². The predicted molar refractivity (Wildman–Crippen MR) is 60.1 cm³/mol. The van der Waals surface area contributed by atoms with E-state index >= 15 is 0 Å². The molecule has 0 aliphatic carbocycles. The second-order valence-corrected chi connectivity index (χ2v) is 4.00. The molecule has 1 aromatic carbocycles. The van der Waals surface area contributed by atoms with Gasteiger partial charge in [0.25, 0.3) is 0 Å². The van der Waals surface area contributed by atoms with Crippen LogP contribution in [0.25, 0.3) is 10.4 Å². The lowest BCUT2D eigenvalue weighted by Gasteiger charge is -2.02. The van der Waals surface area contributed by atoms with Gasteiger partial charge in [0.1, 0.15) is 11.9 Å². The molecule has 1 heterocycles. The molecule has 3 nitrogen and oxygen atoms in total. The predicted octanol–water partition coefficient (Wildman–Crippen LogP) is 2.28. The third-order valence-corrected chi connectivity index (χ3v) is 3.04. The number of nitrogens with zero attached hydrogens (tertiary/aromatic N) is 2. The molecule has 0 saturated heterocycles. The van der Waals surface area contributed by atoms with Gasteiger partial charge in [0.2, 0.25) is 0 Å². The lowest BCUT2D eigenvalue weighted by molar-refractivity contribution is 0.629. The van der Waals surface area contributed by atoms with Gasteiger partial charge in [-0.15, -0.1) is 0 Å². The maximum Gasteiger partial charge on any atom is 0.132 e. The van der Waals surface area contributed by atoms with Gasteiger partial charge in [-0.05, 0) is 23.2 Å². The molecular weight excluding hydrogens is 225 g/mol. The first kappa shape index (κ1) is 10.7. The van der Waals surface area contributed by atoms with Gasteiger partial charge in [0, 0.05) is 12.1 Å². The standard InChI is InChI=1S/C11H8FN3S/c12-10-3-7(4-13)1-2-9(10)11-8(5-14)6-15-16-11/h1-3,6H,4,13H2. The summed E-state index contributed by atoms with van der Waals surface area (Å²) in [6, 6.07) is 6.75. The minimum Gasteiger partial charge on any atom is -0.326 e. The van der Waals surface area contributed by atoms with Crippen molar-refractivity contribution in [3.05, 3.63) is 41.3 Å². The highest BCUT2D eigenvalue weighted by molar-refractivity contribution is 7.09. The Balaban J connectivity index is 2.53. The zero-order chi connectivity index (χ0) is 11.5. The normalized spacial score (nSPS) is 10.1. The number of halogens is 1. The molecule has 0 fully saturated rings. The minimum absolute atomic E-state index is 0.297. The topological polar surface area (TPSA) is 62.7 Å². The summed E-state index contributed by atoms with van der Waals surface area (Å²) in [4.78, 5) is 0.559. The number of rotatable bonds is 2. The molecule has 16 heavy (non-hydrogen) atoms. The van der Waals surface area contributed by atoms with E-state index in [-0.39, 0.29) is 5.82 Å². The summed E-state index contributed by atoms with van der Waals surface area (Å²) in [5.41, 5.74) is 6.93. The first-order valence-electron chi connectivity index (χ1n) is 4.60. The fourth-order valence-corrected chi connectivity index (χ4v) is 2.11. The Bertz CT molecular complexity index is 557. The molecule has 2 N–H and O–H groups in total. The third-order valence-electron chi connectivity index (χ3n) is 2.20. The van der Waals surface area contributed by atoms with Gasteiger partial charge in [-0.1, -0.05) is 12.1 Å². The van der Waals surface area contributed by atoms with Gasteiger partial charge in [0.15, 0.2) is 0 Å². The highest BCUT2D eigenvalue weighted by atomic mass is 32.1. The zero-order valence-corrected chi connectivity index (χ0v) is 9.09. The fraction of sp³-hybridized carbons (Fsp3) is 0.0909. The molecule has 0 unspecified atom stereocenters. The Morgan fingerprint density at radius 3 is 2.94 bits per heavy atom. The molecule has 2 rings (SSSR count). The van der Waals surface area contributed by atoms with Crippen LogP contribution in [-0.4, -0.2) is 4.37 Å². The Morgan fingerprint density at radius 2 is 2.31 bits per heavy atom. The van der Waals surface area contributed by atoms with Crippen LogP contribution in [0.2, 0.25) is 0 Å². The van der Waals surface area contributed by atoms with E-state index < -0.39 is 0 Å². The third kappa shape index (κ3) is 1.81. The first-order chi connectivity index (χ1) is 7.76. The van der Waals surface area contributed by atoms with Crippen LogP contribution in [0.3, 0.4) is 0 Å². The molecule has 80 valence electrons. The highest BCUT2D eigenvalue weighted by Gasteiger charge is 2.12. The molecule has 0 spiro atoms. The zero-order valence-electron chi connectivity index (χ0n) is 8.27. The Labute approximate surface area is 96.1 Å². The van der Waals surface area contributed by atoms with Crippen molar-refractivity contribution in [2.24, 2.45) is 5.73 Å². The van der Waals surface area contributed by atoms with E-state index in [1.54, 1.807) is 12.1 Å². The van der Waals surface area contributed by atoms with Crippen molar-refractivity contribution in [3.63, 3.8) is 0 Å². The van der Waals surface area contributed by atoms with Crippen molar-refractivity contribution in [1.29, 1.82) is 5.26 Å². The average molecular weight is 233 g/mol. The molecule has 0 amide bonds. The molecule has 0 saturated carbocycles. The monoisotopic (exact) mass is 233 g/mol. The van der Waals surface area contributed by atoms with E-state index in [0.717, 1.165) is 17.1 Å². The molecule has 1 aromatic heterocycles. The second kappa shape index (κ2) is 4.39. The van der Waals surface area contributed by atoms with Gasteiger partial charge in [-0.25, -0.2) is 4.39 Å². The molecular formula is C11H8FN3S. The van der Waals surface area contributed by atoms with Crippen molar-refractivity contribution in [1.82, 2.24) is 4.37 Å². The number of nitrogens with two attached hydrogens (primary N) is 1. The van der Waals surface area contributed by atoms with Crippen LogP contribution in [0.1, 0.15) is 11.1 Å². The average Bonchev–Trinajstić information content (AvgIpc) is 2.76. The molecule has 0 radical (unpaired) electrons. The van der Waals surface area contributed by atoms with E-state index in [0.29, 0.717) is 22.5 Å². The van der Waals surface area contributed by atoms with E-state index in [4.69, 9.17) is 11.0 Å². The number of benzene rings is 1. The van der Waals surface area contributed by atoms with E-state index in [1.165, 1.54) is 12.3 Å². The molecule has 0 aliphatic heterocycles. The summed E-state index contributed by atoms with van der Waals surface area (Å²) in [7, 11) is 0. The Kier molecular flexibility index (Phi) is 2.95. The van der Waals surface area contributed by atoms with E-state index in [9.17, 15) is 4.39 Å². The van der Waals surface area contributed by atoms with Crippen LogP contribution in [-0.2, 0) is 6.54 Å². The van der Waals surface area contributed by atoms with Crippen LogP contribution < -0.4 is 5.73 Å². The molecule has 2 aromatic rings. The summed E-state index contributed by atoms with van der Waals surface area (Å²) >= 11 is 1.11. The lowest BCUT2D eigenvalue weighted by Crippen LogP contribution is -1.97. The van der Waals surface area contributed by atoms with Crippen molar-refractivity contribution in [2.45, 2.75) is 6.54 Å². The van der Waals surface area contributed by atoms with E-state index in [1.807, 2.05) is 6.07 Å². The number of aromatic nitrogens is 1. The Morgan fingerprint density at radius 1 is 1.50 bits per heavy atom. The van der Waals surface area contributed by atoms with Crippen LogP contribution in [0.4, 0.5) is 4.39 Å². The molecule has 5 heteroatoms. The second-order valence-electron chi connectivity index (χ2n) is 3.20. The van der Waals surface area contributed by atoms with Gasteiger partial charge < -0.3 is 5.73 Å². The summed E-state index contributed by atoms with van der Waals surface area (Å²) in [5.74, 6) is -0.372. The quantitative estimate of drug-likeness (QED) is 0.865. The molecule has 0 aliphatic rings. The minimum atomic E-state index is -0.372. The van der Waals surface area contributed by atoms with Crippen LogP contribution in [0, 0.1) is 17.1 Å². The number of nitriles is 1. The maximum absolute atomic E-state index is 13.7. The van der Waals surface area contributed by atoms with Crippen molar-refractivity contribution in [3.8, 4) is 16.5 Å². The summed E-state index contributed by atoms with van der Waals surface area (Å²) < 4.78 is 17.6. The Hall–Kier alpha value is -1.77. The fourth-order valence-electron chi connectivity index (χ4n) is 1.38. The van der Waals surface area contributed by atoms with Crippen molar-refractivity contribution >= 4 is 11.5 Å². The number of hydrogen-bond acceptors (Lipinski definition) is 4. The number of hydrogen-bond donors (Lipinski definition) is 1. The van der Waals surface area contributed by atoms with Crippen LogP contribution >= 0.6 is 11.5 Å². The van der Waals surface area contributed by atoms with Crippen molar-refractivity contribution < 1.29 is 4.39 Å². The summed E-state index contributed by atoms with van der Waals surface area (Å²) in [6.07, 6.45) is 1.44. The van der Waals surface area contributed by atoms with Crippen molar-refractivity contribution in [2.75, 3.05) is 0 Å². The maximum atomic E-state index is 13.7. The van der Waals surface area contributed by atoms with E-state index in [2.05, 4.69) is 4.37 Å². The summed E-state index contributed by atoms with van der Waals surface area (Å²) in [6.45, 7) is 0.297. The summed E-state index contributed by atoms with van der Waals surface area (Å²) in [5, 5.41) is 8.83. The first-order valence-corrected chi connectivity index (χ1v) is 5.37. The smallest absolute Gasteiger partial charge is 0.132 e. The SMILES string of the molecule is N#Cc1cnsc1-c1ccc(CN)cc1F. The van der Waals surface area contributed by atoms with Gasteiger partial charge in [0.05, 0.1) is 16.6 Å². The van der Waals surface area contributed by atoms with Crippen LogP contribution in [0.5, 0.6) is 0 Å². The lowest BCUT2D eigenvalue weighted by atomic mass is 10.1.